The molecule has 38 heavy (non-hydrogen) atoms. The molecule has 7 N–H and O–H groups in total. The molecule has 0 radical (unpaired) electrons. The van der Waals surface area contributed by atoms with Gasteiger partial charge < -0.3 is 37.1 Å². The lowest BCUT2D eigenvalue weighted by Crippen LogP contribution is -2.40. The van der Waals surface area contributed by atoms with E-state index in [0.717, 1.165) is 6.42 Å². The van der Waals surface area contributed by atoms with Crippen molar-refractivity contribution in [3.8, 4) is 0 Å². The third-order valence-electron chi connectivity index (χ3n) is 4.75. The molecule has 13 nitrogen and oxygen atoms in total. The summed E-state index contributed by atoms with van der Waals surface area (Å²) in [5.74, 6) is -0.605. The van der Waals surface area contributed by atoms with Crippen molar-refractivity contribution in [2.24, 2.45) is 5.73 Å². The van der Waals surface area contributed by atoms with Crippen LogP contribution in [0.25, 0.3) is 0 Å². The van der Waals surface area contributed by atoms with Crippen molar-refractivity contribution in [2.75, 3.05) is 36.8 Å². The van der Waals surface area contributed by atoms with Gasteiger partial charge in [-0.2, -0.15) is 4.98 Å². The fourth-order valence-corrected chi connectivity index (χ4v) is 2.98. The molecule has 0 saturated carbocycles. The molecule has 0 atom stereocenters. The molecule has 4 amide bonds. The van der Waals surface area contributed by atoms with Crippen LogP contribution in [0.15, 0.2) is 30.5 Å². The van der Waals surface area contributed by atoms with Crippen molar-refractivity contribution in [2.45, 2.75) is 46.1 Å². The minimum absolute atomic E-state index is 0.208. The van der Waals surface area contributed by atoms with E-state index in [-0.39, 0.29) is 29.9 Å². The Balaban J connectivity index is 1.85. The predicted octanol–water partition coefficient (Wildman–Crippen LogP) is 1.90. The number of alkyl carbamates (subject to hydrolysis) is 1. The van der Waals surface area contributed by atoms with Crippen molar-refractivity contribution in [3.05, 3.63) is 41.6 Å². The first-order valence-electron chi connectivity index (χ1n) is 12.3. The number of hydrogen-bond acceptors (Lipinski definition) is 9. The zero-order chi connectivity index (χ0) is 28.1. The summed E-state index contributed by atoms with van der Waals surface area (Å²) in [4.78, 5) is 56.1. The average Bonchev–Trinajstić information content (AvgIpc) is 2.85. The van der Waals surface area contributed by atoms with Gasteiger partial charge in [0.2, 0.25) is 17.8 Å². The van der Waals surface area contributed by atoms with E-state index in [1.807, 2.05) is 6.92 Å². The van der Waals surface area contributed by atoms with Gasteiger partial charge >= 0.3 is 6.09 Å². The van der Waals surface area contributed by atoms with Crippen molar-refractivity contribution in [1.82, 2.24) is 25.9 Å². The average molecular weight is 529 g/mol. The van der Waals surface area contributed by atoms with Crippen LogP contribution in [0, 0.1) is 0 Å². The van der Waals surface area contributed by atoms with Gasteiger partial charge in [-0.3, -0.25) is 14.4 Å². The topological polar surface area (TPSA) is 189 Å². The summed E-state index contributed by atoms with van der Waals surface area (Å²) in [7, 11) is 0. The summed E-state index contributed by atoms with van der Waals surface area (Å²) in [5.41, 5.74) is 5.92. The number of amides is 4. The maximum Gasteiger partial charge on any atom is 0.408 e. The molecular formula is C25H36N8O5. The second-order valence-corrected chi connectivity index (χ2v) is 9.26. The third kappa shape index (κ3) is 10.7. The van der Waals surface area contributed by atoms with Gasteiger partial charge in [0.1, 0.15) is 17.0 Å². The van der Waals surface area contributed by atoms with E-state index < -0.39 is 17.6 Å². The number of primary amides is 1. The van der Waals surface area contributed by atoms with Crippen molar-refractivity contribution < 1.29 is 23.9 Å². The van der Waals surface area contributed by atoms with Crippen molar-refractivity contribution in [1.29, 1.82) is 0 Å². The smallest absolute Gasteiger partial charge is 0.408 e. The zero-order valence-corrected chi connectivity index (χ0v) is 22.1. The summed E-state index contributed by atoms with van der Waals surface area (Å²) in [5, 5.41) is 14.0. The Bertz CT molecular complexity index is 1120. The maximum atomic E-state index is 12.7. The number of carbonyl (C=O) groups excluding carboxylic acids is 4. The number of carbonyl (C=O) groups is 4. The molecule has 2 aromatic rings. The molecule has 0 unspecified atom stereocenters. The van der Waals surface area contributed by atoms with E-state index in [2.05, 4.69) is 36.6 Å². The van der Waals surface area contributed by atoms with Crippen molar-refractivity contribution >= 4 is 41.3 Å². The molecule has 2 rings (SSSR count). The number of aromatic nitrogens is 2. The van der Waals surface area contributed by atoms with Crippen molar-refractivity contribution in [3.63, 3.8) is 0 Å². The van der Waals surface area contributed by atoms with Gasteiger partial charge in [0, 0.05) is 37.1 Å². The Morgan fingerprint density at radius 2 is 1.66 bits per heavy atom. The molecular weight excluding hydrogens is 492 g/mol. The highest BCUT2D eigenvalue weighted by molar-refractivity contribution is 5.98. The maximum absolute atomic E-state index is 12.7. The number of nitrogens with zero attached hydrogens (tertiary/aromatic N) is 2. The standard InChI is InChI=1S/C25H36N8O5/c1-5-11-28-21-18(14-30-23(33-21)32-17-9-7-16(8-10-17)20(26)35)22(36)29-13-6-12-27-19(34)15-31-24(37)38-25(2,3)4/h7-10,14H,5-6,11-13,15H2,1-4H3,(H2,26,35)(H,27,34)(H,29,36)(H,31,37)(H2,28,30,32,33). The first kappa shape index (κ1) is 29.8. The van der Waals surface area contributed by atoms with Gasteiger partial charge in [-0.25, -0.2) is 9.78 Å². The number of hydrogen-bond donors (Lipinski definition) is 6. The molecule has 0 aliphatic rings. The second kappa shape index (κ2) is 14.4. The largest absolute Gasteiger partial charge is 0.444 e. The number of benzene rings is 1. The Hall–Kier alpha value is -4.42. The lowest BCUT2D eigenvalue weighted by Gasteiger charge is -2.19. The molecule has 0 aliphatic carbocycles. The Morgan fingerprint density at radius 1 is 0.974 bits per heavy atom. The van der Waals surface area contributed by atoms with E-state index in [9.17, 15) is 19.2 Å². The number of rotatable bonds is 13. The summed E-state index contributed by atoms with van der Waals surface area (Å²) in [6.07, 6.45) is 2.05. The minimum atomic E-state index is -0.670. The molecule has 0 bridgehead atoms. The van der Waals surface area contributed by atoms with E-state index in [1.54, 1.807) is 45.0 Å². The lowest BCUT2D eigenvalue weighted by molar-refractivity contribution is -0.120. The number of nitrogens with two attached hydrogens (primary N) is 1. The number of ether oxygens (including phenoxy) is 1. The van der Waals surface area contributed by atoms with Gasteiger partial charge in [-0.1, -0.05) is 6.92 Å². The van der Waals surface area contributed by atoms with Crippen LogP contribution in [-0.4, -0.2) is 65.6 Å². The Labute approximate surface area is 221 Å². The zero-order valence-electron chi connectivity index (χ0n) is 22.1. The van der Waals surface area contributed by atoms with Gasteiger partial charge in [0.15, 0.2) is 0 Å². The quantitative estimate of drug-likeness (QED) is 0.211. The Morgan fingerprint density at radius 3 is 2.29 bits per heavy atom. The van der Waals surface area contributed by atoms with Gasteiger partial charge in [0.05, 0.1) is 6.54 Å². The van der Waals surface area contributed by atoms with Crippen LogP contribution in [0.2, 0.25) is 0 Å². The highest BCUT2D eigenvalue weighted by atomic mass is 16.6. The van der Waals surface area contributed by atoms with Gasteiger partial charge in [0.25, 0.3) is 5.91 Å². The summed E-state index contributed by atoms with van der Waals surface area (Å²) >= 11 is 0. The van der Waals surface area contributed by atoms with Crippen LogP contribution >= 0.6 is 0 Å². The fraction of sp³-hybridized carbons (Fsp3) is 0.440. The summed E-state index contributed by atoms with van der Waals surface area (Å²) in [6.45, 7) is 8.19. The number of anilines is 3. The highest BCUT2D eigenvalue weighted by Gasteiger charge is 2.17. The fourth-order valence-electron chi connectivity index (χ4n) is 2.98. The van der Waals surface area contributed by atoms with E-state index >= 15 is 0 Å². The first-order valence-corrected chi connectivity index (χ1v) is 12.3. The summed E-state index contributed by atoms with van der Waals surface area (Å²) < 4.78 is 5.07. The van der Waals surface area contributed by atoms with Crippen LogP contribution in [-0.2, 0) is 9.53 Å². The second-order valence-electron chi connectivity index (χ2n) is 9.26. The summed E-state index contributed by atoms with van der Waals surface area (Å²) in [6, 6.07) is 6.52. The van der Waals surface area contributed by atoms with Crippen LogP contribution in [0.4, 0.5) is 22.2 Å². The van der Waals surface area contributed by atoms with Crippen LogP contribution in [0.3, 0.4) is 0 Å². The first-order chi connectivity index (χ1) is 18.0. The normalized spacial score (nSPS) is 10.7. The number of nitrogens with one attached hydrogen (secondary N) is 5. The lowest BCUT2D eigenvalue weighted by atomic mass is 10.2. The van der Waals surface area contributed by atoms with Gasteiger partial charge in [-0.15, -0.1) is 0 Å². The van der Waals surface area contributed by atoms with E-state index in [4.69, 9.17) is 10.5 Å². The molecule has 0 fully saturated rings. The molecule has 0 aliphatic heterocycles. The molecule has 13 heteroatoms. The van der Waals surface area contributed by atoms with E-state index in [1.165, 1.54) is 6.20 Å². The van der Waals surface area contributed by atoms with Crippen LogP contribution in [0.1, 0.15) is 61.3 Å². The third-order valence-corrected chi connectivity index (χ3v) is 4.75. The van der Waals surface area contributed by atoms with E-state index in [0.29, 0.717) is 43.1 Å². The molecule has 0 spiro atoms. The molecule has 206 valence electrons. The molecule has 1 aromatic heterocycles. The minimum Gasteiger partial charge on any atom is -0.444 e. The SMILES string of the molecule is CCCNc1nc(Nc2ccc(C(N)=O)cc2)ncc1C(=O)NCCCNC(=O)CNC(=O)OC(C)(C)C. The highest BCUT2D eigenvalue weighted by Crippen LogP contribution is 2.18. The molecule has 1 heterocycles. The van der Waals surface area contributed by atoms with Crippen LogP contribution in [0.5, 0.6) is 0 Å². The van der Waals surface area contributed by atoms with Gasteiger partial charge in [-0.05, 0) is 57.9 Å². The molecule has 1 aromatic carbocycles. The molecule has 0 saturated heterocycles. The predicted molar refractivity (Wildman–Crippen MR) is 143 cm³/mol. The monoisotopic (exact) mass is 528 g/mol. The van der Waals surface area contributed by atoms with Crippen LogP contribution < -0.4 is 32.3 Å². The Kier molecular flexibility index (Phi) is 11.3.